The number of rotatable bonds is 3. The third kappa shape index (κ3) is 2.26. The van der Waals surface area contributed by atoms with E-state index in [1.807, 2.05) is 14.0 Å². The summed E-state index contributed by atoms with van der Waals surface area (Å²) in [6.07, 6.45) is -1.82. The molecule has 0 saturated heterocycles. The lowest BCUT2D eigenvalue weighted by molar-refractivity contribution is -0.286. The van der Waals surface area contributed by atoms with Crippen LogP contribution >= 0.6 is 0 Å². The van der Waals surface area contributed by atoms with Crippen molar-refractivity contribution in [1.29, 1.82) is 0 Å². The molecule has 0 atom stereocenters. The van der Waals surface area contributed by atoms with E-state index in [1.165, 1.54) is 12.1 Å². The molecular formula is C13H13F2N3O2. The Morgan fingerprint density at radius 2 is 2.05 bits per heavy atom. The summed E-state index contributed by atoms with van der Waals surface area (Å²) in [5.41, 5.74) is 2.76. The zero-order valence-corrected chi connectivity index (χ0v) is 11.0. The fraction of sp³-hybridized carbons (Fsp3) is 0.308. The van der Waals surface area contributed by atoms with Gasteiger partial charge >= 0.3 is 6.29 Å². The number of aryl methyl sites for hydroxylation is 1. The topological polar surface area (TPSA) is 48.3 Å². The molecule has 2 aromatic rings. The Labute approximate surface area is 114 Å². The Balaban J connectivity index is 1.72. The summed E-state index contributed by atoms with van der Waals surface area (Å²) in [6.45, 7) is 2.51. The summed E-state index contributed by atoms with van der Waals surface area (Å²) >= 11 is 0. The highest BCUT2D eigenvalue weighted by molar-refractivity contribution is 5.56. The zero-order valence-electron chi connectivity index (χ0n) is 11.0. The maximum Gasteiger partial charge on any atom is 0.586 e. The van der Waals surface area contributed by atoms with Crippen LogP contribution in [0.2, 0.25) is 0 Å². The quantitative estimate of drug-likeness (QED) is 0.939. The zero-order chi connectivity index (χ0) is 14.3. The van der Waals surface area contributed by atoms with Crippen LogP contribution in [0.5, 0.6) is 11.5 Å². The van der Waals surface area contributed by atoms with Crippen LogP contribution in [0.1, 0.15) is 11.3 Å². The van der Waals surface area contributed by atoms with Crippen molar-refractivity contribution in [2.45, 2.75) is 19.8 Å². The minimum Gasteiger partial charge on any atom is -0.395 e. The predicted molar refractivity (Wildman–Crippen MR) is 67.9 cm³/mol. The molecule has 1 N–H and O–H groups in total. The van der Waals surface area contributed by atoms with E-state index in [2.05, 4.69) is 19.9 Å². The van der Waals surface area contributed by atoms with Gasteiger partial charge in [0.25, 0.3) is 0 Å². The largest absolute Gasteiger partial charge is 0.586 e. The molecule has 2 heterocycles. The van der Waals surface area contributed by atoms with E-state index in [0.717, 1.165) is 11.3 Å². The third-order valence-corrected chi connectivity index (χ3v) is 3.22. The fourth-order valence-corrected chi connectivity index (χ4v) is 1.97. The summed E-state index contributed by atoms with van der Waals surface area (Å²) < 4.78 is 36.3. The minimum absolute atomic E-state index is 0.0305. The van der Waals surface area contributed by atoms with E-state index in [1.54, 1.807) is 16.9 Å². The average Bonchev–Trinajstić information content (AvgIpc) is 2.86. The Kier molecular flexibility index (Phi) is 2.77. The second-order valence-electron chi connectivity index (χ2n) is 4.56. The number of nitrogens with zero attached hydrogens (tertiary/aromatic N) is 2. The summed E-state index contributed by atoms with van der Waals surface area (Å²) in [6, 6.07) is 4.60. The predicted octanol–water partition coefficient (Wildman–Crippen LogP) is 2.66. The SMILES string of the molecule is Cc1c(CNc2ccc3c(c2)OC(F)(F)O3)cnn1C. The molecule has 20 heavy (non-hydrogen) atoms. The minimum atomic E-state index is -3.58. The van der Waals surface area contributed by atoms with E-state index in [4.69, 9.17) is 0 Å². The Morgan fingerprint density at radius 1 is 1.30 bits per heavy atom. The molecule has 106 valence electrons. The number of anilines is 1. The Morgan fingerprint density at radius 3 is 2.75 bits per heavy atom. The van der Waals surface area contributed by atoms with Crippen molar-refractivity contribution < 1.29 is 18.3 Å². The summed E-state index contributed by atoms with van der Waals surface area (Å²) in [7, 11) is 1.86. The van der Waals surface area contributed by atoms with Crippen molar-refractivity contribution >= 4 is 5.69 Å². The van der Waals surface area contributed by atoms with Crippen molar-refractivity contribution in [2.24, 2.45) is 7.05 Å². The molecule has 0 spiro atoms. The molecule has 0 aliphatic carbocycles. The monoisotopic (exact) mass is 281 g/mol. The van der Waals surface area contributed by atoms with Crippen LogP contribution in [0.15, 0.2) is 24.4 Å². The number of hydrogen-bond donors (Lipinski definition) is 1. The molecule has 0 fully saturated rings. The first-order valence-corrected chi connectivity index (χ1v) is 6.06. The molecule has 0 saturated carbocycles. The second kappa shape index (κ2) is 4.36. The number of fused-ring (bicyclic) bond motifs is 1. The first-order chi connectivity index (χ1) is 9.44. The Hall–Kier alpha value is -2.31. The highest BCUT2D eigenvalue weighted by Crippen LogP contribution is 2.42. The molecule has 0 unspecified atom stereocenters. The Bertz CT molecular complexity index is 655. The highest BCUT2D eigenvalue weighted by atomic mass is 19.3. The molecule has 0 radical (unpaired) electrons. The van der Waals surface area contributed by atoms with E-state index < -0.39 is 6.29 Å². The van der Waals surface area contributed by atoms with Crippen LogP contribution < -0.4 is 14.8 Å². The van der Waals surface area contributed by atoms with Gasteiger partial charge in [0.15, 0.2) is 11.5 Å². The molecule has 1 aromatic heterocycles. The molecule has 0 bridgehead atoms. The fourth-order valence-electron chi connectivity index (χ4n) is 1.97. The van der Waals surface area contributed by atoms with Crippen molar-refractivity contribution in [3.8, 4) is 11.5 Å². The van der Waals surface area contributed by atoms with Gasteiger partial charge in [-0.1, -0.05) is 0 Å². The van der Waals surface area contributed by atoms with Gasteiger partial charge in [0.05, 0.1) is 6.20 Å². The van der Waals surface area contributed by atoms with Crippen LogP contribution in [-0.4, -0.2) is 16.1 Å². The lowest BCUT2D eigenvalue weighted by atomic mass is 10.2. The lowest BCUT2D eigenvalue weighted by Gasteiger charge is -2.07. The molecule has 3 rings (SSSR count). The van der Waals surface area contributed by atoms with Gasteiger partial charge in [0.1, 0.15) is 0 Å². The van der Waals surface area contributed by atoms with Crippen molar-refractivity contribution in [3.05, 3.63) is 35.7 Å². The number of nitrogens with one attached hydrogen (secondary N) is 1. The smallest absolute Gasteiger partial charge is 0.395 e. The lowest BCUT2D eigenvalue weighted by Crippen LogP contribution is -2.25. The molecular weight excluding hydrogens is 268 g/mol. The van der Waals surface area contributed by atoms with Crippen LogP contribution in [0.25, 0.3) is 0 Å². The number of benzene rings is 1. The number of aromatic nitrogens is 2. The van der Waals surface area contributed by atoms with Crippen molar-refractivity contribution in [3.63, 3.8) is 0 Å². The molecule has 5 nitrogen and oxygen atoms in total. The molecule has 1 aliphatic rings. The maximum absolute atomic E-state index is 12.9. The summed E-state index contributed by atoms with van der Waals surface area (Å²) in [5.74, 6) is 0.0704. The molecule has 0 amide bonds. The number of halogens is 2. The molecule has 7 heteroatoms. The molecule has 1 aromatic carbocycles. The van der Waals surface area contributed by atoms with Gasteiger partial charge in [-0.05, 0) is 19.1 Å². The van der Waals surface area contributed by atoms with Crippen LogP contribution in [-0.2, 0) is 13.6 Å². The standard InChI is InChI=1S/C13H13F2N3O2/c1-8-9(7-17-18(8)2)6-16-10-3-4-11-12(5-10)20-13(14,15)19-11/h3-5,7,16H,6H2,1-2H3. The van der Waals surface area contributed by atoms with Crippen molar-refractivity contribution in [1.82, 2.24) is 9.78 Å². The normalized spacial score (nSPS) is 15.4. The number of alkyl halides is 2. The van der Waals surface area contributed by atoms with E-state index in [-0.39, 0.29) is 11.5 Å². The van der Waals surface area contributed by atoms with E-state index >= 15 is 0 Å². The van der Waals surface area contributed by atoms with Gasteiger partial charge in [0, 0.05) is 36.6 Å². The van der Waals surface area contributed by atoms with Crippen LogP contribution in [0, 0.1) is 6.92 Å². The van der Waals surface area contributed by atoms with Crippen molar-refractivity contribution in [2.75, 3.05) is 5.32 Å². The number of ether oxygens (including phenoxy) is 2. The van der Waals surface area contributed by atoms with Crippen LogP contribution in [0.4, 0.5) is 14.5 Å². The van der Waals surface area contributed by atoms with Gasteiger partial charge in [-0.3, -0.25) is 4.68 Å². The first kappa shape index (κ1) is 12.7. The van der Waals surface area contributed by atoms with Gasteiger partial charge in [-0.2, -0.15) is 5.10 Å². The summed E-state index contributed by atoms with van der Waals surface area (Å²) in [5, 5.41) is 7.28. The number of hydrogen-bond acceptors (Lipinski definition) is 4. The van der Waals surface area contributed by atoms with E-state index in [9.17, 15) is 8.78 Å². The first-order valence-electron chi connectivity index (χ1n) is 6.06. The van der Waals surface area contributed by atoms with E-state index in [0.29, 0.717) is 12.2 Å². The van der Waals surface area contributed by atoms with Crippen LogP contribution in [0.3, 0.4) is 0 Å². The van der Waals surface area contributed by atoms with Gasteiger partial charge < -0.3 is 14.8 Å². The van der Waals surface area contributed by atoms with Gasteiger partial charge in [-0.15, -0.1) is 8.78 Å². The third-order valence-electron chi connectivity index (χ3n) is 3.22. The second-order valence-corrected chi connectivity index (χ2v) is 4.56. The average molecular weight is 281 g/mol. The highest BCUT2D eigenvalue weighted by Gasteiger charge is 2.43. The summed E-state index contributed by atoms with van der Waals surface area (Å²) in [4.78, 5) is 0. The molecule has 1 aliphatic heterocycles. The van der Waals surface area contributed by atoms with Gasteiger partial charge in [-0.25, -0.2) is 0 Å². The maximum atomic E-state index is 12.9. The van der Waals surface area contributed by atoms with Gasteiger partial charge in [0.2, 0.25) is 0 Å².